The smallest absolute Gasteiger partial charge is 0.277 e. The Labute approximate surface area is 92.2 Å². The molecule has 0 atom stereocenters. The van der Waals surface area contributed by atoms with Crippen LogP contribution in [0.5, 0.6) is 0 Å². The maximum atomic E-state index is 11.6. The number of hydrogen-bond donors (Lipinski definition) is 3. The first-order valence-corrected chi connectivity index (χ1v) is 6.95. The zero-order chi connectivity index (χ0) is 11.4. The first-order chi connectivity index (χ1) is 6.97. The summed E-state index contributed by atoms with van der Waals surface area (Å²) in [5.41, 5.74) is -0.301. The lowest BCUT2D eigenvalue weighted by atomic mass is 9.92. The molecule has 3 N–H and O–H groups in total. The van der Waals surface area contributed by atoms with E-state index in [4.69, 9.17) is 0 Å². The molecule has 0 aromatic rings. The van der Waals surface area contributed by atoms with Crippen LogP contribution in [0.25, 0.3) is 0 Å². The largest absolute Gasteiger partial charge is 0.317 e. The fourth-order valence-electron chi connectivity index (χ4n) is 1.68. The van der Waals surface area contributed by atoms with Crippen LogP contribution >= 0.6 is 0 Å². The molecule has 0 radical (unpaired) electrons. The van der Waals surface area contributed by atoms with Gasteiger partial charge >= 0.3 is 0 Å². The van der Waals surface area contributed by atoms with E-state index in [0.717, 1.165) is 32.4 Å². The standard InChI is InChI=1S/C9H21N3O2S/c1-3-6-11-15(13,14)12-9(2)4-7-10-8-5-9/h10-12H,3-8H2,1-2H3. The van der Waals surface area contributed by atoms with Crippen molar-refractivity contribution in [3.63, 3.8) is 0 Å². The molecule has 0 spiro atoms. The van der Waals surface area contributed by atoms with Crippen molar-refractivity contribution in [3.8, 4) is 0 Å². The molecule has 1 aliphatic heterocycles. The zero-order valence-corrected chi connectivity index (χ0v) is 10.3. The number of rotatable bonds is 5. The van der Waals surface area contributed by atoms with Crippen molar-refractivity contribution in [3.05, 3.63) is 0 Å². The van der Waals surface area contributed by atoms with E-state index < -0.39 is 10.2 Å². The fourth-order valence-corrected chi connectivity index (χ4v) is 3.08. The SMILES string of the molecule is CCCNS(=O)(=O)NC1(C)CCNCC1. The third-order valence-corrected chi connectivity index (χ3v) is 3.98. The Kier molecular flexibility index (Phi) is 4.51. The highest BCUT2D eigenvalue weighted by atomic mass is 32.2. The molecule has 0 amide bonds. The summed E-state index contributed by atoms with van der Waals surface area (Å²) in [6.07, 6.45) is 2.47. The van der Waals surface area contributed by atoms with Gasteiger partial charge in [0, 0.05) is 12.1 Å². The van der Waals surface area contributed by atoms with Crippen LogP contribution in [0.2, 0.25) is 0 Å². The summed E-state index contributed by atoms with van der Waals surface area (Å²) in [4.78, 5) is 0. The third-order valence-electron chi connectivity index (χ3n) is 2.63. The Balaban J connectivity index is 2.51. The van der Waals surface area contributed by atoms with E-state index in [1.807, 2.05) is 13.8 Å². The van der Waals surface area contributed by atoms with Crippen LogP contribution < -0.4 is 14.8 Å². The minimum absolute atomic E-state index is 0.301. The second kappa shape index (κ2) is 5.25. The molecule has 0 aliphatic carbocycles. The van der Waals surface area contributed by atoms with Gasteiger partial charge in [-0.1, -0.05) is 6.92 Å². The molecule has 90 valence electrons. The first-order valence-electron chi connectivity index (χ1n) is 5.47. The summed E-state index contributed by atoms with van der Waals surface area (Å²) >= 11 is 0. The summed E-state index contributed by atoms with van der Waals surface area (Å²) in [5, 5.41) is 3.21. The molecule has 0 unspecified atom stereocenters. The summed E-state index contributed by atoms with van der Waals surface area (Å²) in [5.74, 6) is 0. The van der Waals surface area contributed by atoms with Gasteiger partial charge in [-0.3, -0.25) is 0 Å². The van der Waals surface area contributed by atoms with Gasteiger partial charge < -0.3 is 5.32 Å². The van der Waals surface area contributed by atoms with Gasteiger partial charge in [0.05, 0.1) is 0 Å². The normalized spacial score (nSPS) is 21.5. The summed E-state index contributed by atoms with van der Waals surface area (Å²) in [6.45, 7) is 6.12. The van der Waals surface area contributed by atoms with Crippen molar-refractivity contribution >= 4 is 10.2 Å². The highest BCUT2D eigenvalue weighted by Gasteiger charge is 2.30. The Morgan fingerprint density at radius 2 is 1.93 bits per heavy atom. The van der Waals surface area contributed by atoms with Crippen molar-refractivity contribution in [1.82, 2.24) is 14.8 Å². The van der Waals surface area contributed by atoms with Gasteiger partial charge in [-0.05, 0) is 39.3 Å². The molecule has 1 saturated heterocycles. The number of nitrogens with one attached hydrogen (secondary N) is 3. The van der Waals surface area contributed by atoms with E-state index >= 15 is 0 Å². The Hall–Kier alpha value is -0.170. The van der Waals surface area contributed by atoms with Gasteiger partial charge in [-0.25, -0.2) is 4.72 Å². The van der Waals surface area contributed by atoms with Gasteiger partial charge in [-0.15, -0.1) is 0 Å². The van der Waals surface area contributed by atoms with Crippen LogP contribution in [0, 0.1) is 0 Å². The quantitative estimate of drug-likeness (QED) is 0.626. The monoisotopic (exact) mass is 235 g/mol. The van der Waals surface area contributed by atoms with E-state index in [2.05, 4.69) is 14.8 Å². The summed E-state index contributed by atoms with van der Waals surface area (Å²) in [6, 6.07) is 0. The molecule has 0 saturated carbocycles. The first kappa shape index (κ1) is 12.9. The molecule has 15 heavy (non-hydrogen) atoms. The van der Waals surface area contributed by atoms with E-state index in [9.17, 15) is 8.42 Å². The fraction of sp³-hybridized carbons (Fsp3) is 1.00. The molecular formula is C9H21N3O2S. The second-order valence-corrected chi connectivity index (χ2v) is 5.81. The highest BCUT2D eigenvalue weighted by Crippen LogP contribution is 2.17. The van der Waals surface area contributed by atoms with E-state index in [-0.39, 0.29) is 5.54 Å². The lowest BCUT2D eigenvalue weighted by Crippen LogP contribution is -2.55. The van der Waals surface area contributed by atoms with Crippen molar-refractivity contribution in [1.29, 1.82) is 0 Å². The number of piperidine rings is 1. The number of hydrogen-bond acceptors (Lipinski definition) is 3. The topological polar surface area (TPSA) is 70.2 Å². The maximum Gasteiger partial charge on any atom is 0.277 e. The van der Waals surface area contributed by atoms with Crippen molar-refractivity contribution < 1.29 is 8.42 Å². The predicted octanol–water partition coefficient (Wildman–Crippen LogP) is -0.0375. The molecule has 1 aliphatic rings. The van der Waals surface area contributed by atoms with Crippen molar-refractivity contribution in [2.75, 3.05) is 19.6 Å². The molecule has 1 fully saturated rings. The minimum Gasteiger partial charge on any atom is -0.317 e. The summed E-state index contributed by atoms with van der Waals surface area (Å²) < 4.78 is 28.5. The Morgan fingerprint density at radius 1 is 1.33 bits per heavy atom. The molecule has 6 heteroatoms. The average molecular weight is 235 g/mol. The van der Waals surface area contributed by atoms with Gasteiger partial charge in [0.2, 0.25) is 0 Å². The van der Waals surface area contributed by atoms with Gasteiger partial charge in [0.25, 0.3) is 10.2 Å². The van der Waals surface area contributed by atoms with E-state index in [1.54, 1.807) is 0 Å². The predicted molar refractivity (Wildman–Crippen MR) is 60.9 cm³/mol. The van der Waals surface area contributed by atoms with Crippen LogP contribution in [0.1, 0.15) is 33.1 Å². The summed E-state index contributed by atoms with van der Waals surface area (Å²) in [7, 11) is -3.33. The maximum absolute atomic E-state index is 11.6. The highest BCUT2D eigenvalue weighted by molar-refractivity contribution is 7.87. The molecule has 0 bridgehead atoms. The Bertz CT molecular complexity index is 284. The minimum atomic E-state index is -3.33. The molecule has 0 aromatic heterocycles. The van der Waals surface area contributed by atoms with Gasteiger partial charge in [-0.2, -0.15) is 13.1 Å². The molecule has 0 aromatic carbocycles. The van der Waals surface area contributed by atoms with E-state index in [1.165, 1.54) is 0 Å². The van der Waals surface area contributed by atoms with Crippen LogP contribution in [0.4, 0.5) is 0 Å². The molecule has 5 nitrogen and oxygen atoms in total. The second-order valence-electron chi connectivity index (χ2n) is 4.31. The van der Waals surface area contributed by atoms with Crippen molar-refractivity contribution in [2.24, 2.45) is 0 Å². The molecule has 1 heterocycles. The van der Waals surface area contributed by atoms with Crippen LogP contribution in [-0.2, 0) is 10.2 Å². The lowest BCUT2D eigenvalue weighted by molar-refractivity contribution is 0.306. The molecule has 1 rings (SSSR count). The average Bonchev–Trinajstić information content (AvgIpc) is 2.14. The third kappa shape index (κ3) is 4.46. The lowest BCUT2D eigenvalue weighted by Gasteiger charge is -2.34. The Morgan fingerprint density at radius 3 is 2.47 bits per heavy atom. The zero-order valence-electron chi connectivity index (χ0n) is 9.47. The van der Waals surface area contributed by atoms with E-state index in [0.29, 0.717) is 6.54 Å². The van der Waals surface area contributed by atoms with Gasteiger partial charge in [0.1, 0.15) is 0 Å². The van der Waals surface area contributed by atoms with Crippen LogP contribution in [-0.4, -0.2) is 33.6 Å². The van der Waals surface area contributed by atoms with Crippen LogP contribution in [0.15, 0.2) is 0 Å². The van der Waals surface area contributed by atoms with Crippen molar-refractivity contribution in [2.45, 2.75) is 38.6 Å². The van der Waals surface area contributed by atoms with Gasteiger partial charge in [0.15, 0.2) is 0 Å². The molecular weight excluding hydrogens is 214 g/mol. The van der Waals surface area contributed by atoms with Crippen LogP contribution in [0.3, 0.4) is 0 Å².